The van der Waals surface area contributed by atoms with E-state index in [0.717, 1.165) is 44.2 Å². The molecule has 0 amide bonds. The maximum atomic E-state index is 5.88. The second-order valence-electron chi connectivity index (χ2n) is 6.08. The zero-order valence-electron chi connectivity index (χ0n) is 14.3. The molecule has 0 saturated carbocycles. The summed E-state index contributed by atoms with van der Waals surface area (Å²) in [6, 6.07) is 0. The van der Waals surface area contributed by atoms with Gasteiger partial charge in [0.2, 0.25) is 0 Å². The SMILES string of the molecule is CCCCNC(N)=NCC1CCN(Cc2csc(C)n2)CC1.I. The topological polar surface area (TPSA) is 66.5 Å². The Hall–Kier alpha value is -0.410. The highest BCUT2D eigenvalue weighted by molar-refractivity contribution is 14.0. The summed E-state index contributed by atoms with van der Waals surface area (Å²) in [4.78, 5) is 11.5. The largest absolute Gasteiger partial charge is 0.370 e. The van der Waals surface area contributed by atoms with Gasteiger partial charge in [-0.3, -0.25) is 9.89 Å². The molecule has 5 nitrogen and oxygen atoms in total. The van der Waals surface area contributed by atoms with Gasteiger partial charge in [-0.05, 0) is 45.2 Å². The van der Waals surface area contributed by atoms with E-state index < -0.39 is 0 Å². The maximum Gasteiger partial charge on any atom is 0.188 e. The van der Waals surface area contributed by atoms with Gasteiger partial charge >= 0.3 is 0 Å². The van der Waals surface area contributed by atoms with E-state index in [9.17, 15) is 0 Å². The monoisotopic (exact) mass is 451 g/mol. The highest BCUT2D eigenvalue weighted by Gasteiger charge is 2.19. The van der Waals surface area contributed by atoms with Crippen LogP contribution >= 0.6 is 35.3 Å². The zero-order valence-corrected chi connectivity index (χ0v) is 17.4. The van der Waals surface area contributed by atoms with E-state index in [4.69, 9.17) is 5.73 Å². The van der Waals surface area contributed by atoms with Crippen LogP contribution in [0, 0.1) is 12.8 Å². The van der Waals surface area contributed by atoms with Crippen LogP contribution in [0.25, 0.3) is 0 Å². The lowest BCUT2D eigenvalue weighted by Crippen LogP contribution is -2.36. The first kappa shape index (κ1) is 20.6. The molecular formula is C16H30IN5S. The smallest absolute Gasteiger partial charge is 0.188 e. The number of nitrogens with one attached hydrogen (secondary N) is 1. The molecule has 2 heterocycles. The molecule has 0 aliphatic carbocycles. The average molecular weight is 451 g/mol. The van der Waals surface area contributed by atoms with Gasteiger partial charge in [-0.25, -0.2) is 4.98 Å². The lowest BCUT2D eigenvalue weighted by atomic mass is 9.97. The summed E-state index contributed by atoms with van der Waals surface area (Å²) in [5, 5.41) is 6.51. The Morgan fingerprint density at radius 2 is 2.22 bits per heavy atom. The highest BCUT2D eigenvalue weighted by Crippen LogP contribution is 2.19. The normalized spacial score (nSPS) is 17.0. The lowest BCUT2D eigenvalue weighted by molar-refractivity contribution is 0.179. The molecular weight excluding hydrogens is 421 g/mol. The number of nitrogens with zero attached hydrogens (tertiary/aromatic N) is 3. The van der Waals surface area contributed by atoms with E-state index in [1.807, 2.05) is 0 Å². The fourth-order valence-electron chi connectivity index (χ4n) is 2.71. The number of hydrogen-bond donors (Lipinski definition) is 2. The predicted octanol–water partition coefficient (Wildman–Crippen LogP) is 2.99. The van der Waals surface area contributed by atoms with Crippen molar-refractivity contribution in [3.8, 4) is 0 Å². The minimum absolute atomic E-state index is 0. The molecule has 1 aromatic heterocycles. The third-order valence-electron chi connectivity index (χ3n) is 4.12. The number of rotatable bonds is 7. The van der Waals surface area contributed by atoms with Crippen molar-refractivity contribution in [1.29, 1.82) is 0 Å². The van der Waals surface area contributed by atoms with Gasteiger partial charge in [0.25, 0.3) is 0 Å². The predicted molar refractivity (Wildman–Crippen MR) is 110 cm³/mol. The number of aliphatic imine (C=N–C) groups is 1. The van der Waals surface area contributed by atoms with Gasteiger partial charge in [-0.2, -0.15) is 0 Å². The number of unbranched alkanes of at least 4 members (excludes halogenated alkanes) is 1. The molecule has 3 N–H and O–H groups in total. The van der Waals surface area contributed by atoms with Gasteiger partial charge in [-0.15, -0.1) is 35.3 Å². The molecule has 0 spiro atoms. The van der Waals surface area contributed by atoms with Crippen LogP contribution in [0.2, 0.25) is 0 Å². The molecule has 1 aliphatic rings. The Bertz CT molecular complexity index is 469. The summed E-state index contributed by atoms with van der Waals surface area (Å²) >= 11 is 1.74. The van der Waals surface area contributed by atoms with E-state index in [0.29, 0.717) is 11.9 Å². The molecule has 2 rings (SSSR count). The Balaban J connectivity index is 0.00000264. The summed E-state index contributed by atoms with van der Waals surface area (Å²) < 4.78 is 0. The van der Waals surface area contributed by atoms with Crippen LogP contribution in [0.1, 0.15) is 43.3 Å². The Labute approximate surface area is 161 Å². The van der Waals surface area contributed by atoms with Crippen LogP contribution in [0.5, 0.6) is 0 Å². The standard InChI is InChI=1S/C16H29N5S.HI/c1-3-4-7-18-16(17)19-10-14-5-8-21(9-6-14)11-15-12-22-13(2)20-15;/h12,14H,3-11H2,1-2H3,(H3,17,18,19);1H. The van der Waals surface area contributed by atoms with Crippen molar-refractivity contribution in [1.82, 2.24) is 15.2 Å². The number of aryl methyl sites for hydroxylation is 1. The molecule has 1 aliphatic heterocycles. The van der Waals surface area contributed by atoms with Crippen LogP contribution in [-0.2, 0) is 6.54 Å². The summed E-state index contributed by atoms with van der Waals surface area (Å²) in [5.74, 6) is 1.27. The third-order valence-corrected chi connectivity index (χ3v) is 4.94. The average Bonchev–Trinajstić information content (AvgIpc) is 2.92. The van der Waals surface area contributed by atoms with Gasteiger partial charge in [0.1, 0.15) is 0 Å². The number of thiazole rings is 1. The number of hydrogen-bond acceptors (Lipinski definition) is 4. The second-order valence-corrected chi connectivity index (χ2v) is 7.15. The van der Waals surface area contributed by atoms with Gasteiger partial charge in [0.15, 0.2) is 5.96 Å². The lowest BCUT2D eigenvalue weighted by Gasteiger charge is -2.30. The van der Waals surface area contributed by atoms with Crippen molar-refractivity contribution in [3.05, 3.63) is 16.1 Å². The van der Waals surface area contributed by atoms with Crippen molar-refractivity contribution in [3.63, 3.8) is 0 Å². The molecule has 1 saturated heterocycles. The van der Waals surface area contributed by atoms with Gasteiger partial charge in [-0.1, -0.05) is 13.3 Å². The number of likely N-dealkylation sites (tertiary alicyclic amines) is 1. The molecule has 23 heavy (non-hydrogen) atoms. The van der Waals surface area contributed by atoms with E-state index in [-0.39, 0.29) is 24.0 Å². The Morgan fingerprint density at radius 1 is 1.48 bits per heavy atom. The minimum atomic E-state index is 0. The van der Waals surface area contributed by atoms with Crippen LogP contribution in [-0.4, -0.2) is 42.0 Å². The number of aromatic nitrogens is 1. The highest BCUT2D eigenvalue weighted by atomic mass is 127. The van der Waals surface area contributed by atoms with E-state index in [1.165, 1.54) is 25.0 Å². The number of nitrogens with two attached hydrogens (primary N) is 1. The second kappa shape index (κ2) is 11.2. The quantitative estimate of drug-likeness (QED) is 0.290. The summed E-state index contributed by atoms with van der Waals surface area (Å²) in [7, 11) is 0. The summed E-state index contributed by atoms with van der Waals surface area (Å²) in [6.07, 6.45) is 4.73. The van der Waals surface area contributed by atoms with E-state index in [2.05, 4.69) is 39.4 Å². The molecule has 7 heteroatoms. The number of halogens is 1. The van der Waals surface area contributed by atoms with Crippen molar-refractivity contribution < 1.29 is 0 Å². The third kappa shape index (κ3) is 7.80. The van der Waals surface area contributed by atoms with Crippen molar-refractivity contribution in [2.45, 2.75) is 46.1 Å². The summed E-state index contributed by atoms with van der Waals surface area (Å²) in [5.41, 5.74) is 7.10. The zero-order chi connectivity index (χ0) is 15.8. The van der Waals surface area contributed by atoms with Crippen LogP contribution in [0.3, 0.4) is 0 Å². The van der Waals surface area contributed by atoms with Crippen LogP contribution in [0.4, 0.5) is 0 Å². The number of piperidine rings is 1. The molecule has 0 bridgehead atoms. The van der Waals surface area contributed by atoms with Gasteiger partial charge < -0.3 is 11.1 Å². The van der Waals surface area contributed by atoms with Crippen LogP contribution in [0.15, 0.2) is 10.4 Å². The Kier molecular flexibility index (Phi) is 10.0. The van der Waals surface area contributed by atoms with Crippen molar-refractivity contribution in [2.75, 3.05) is 26.2 Å². The molecule has 1 aromatic rings. The van der Waals surface area contributed by atoms with Crippen LogP contribution < -0.4 is 11.1 Å². The molecule has 0 radical (unpaired) electrons. The molecule has 0 unspecified atom stereocenters. The summed E-state index contributed by atoms with van der Waals surface area (Å²) in [6.45, 7) is 9.29. The Morgan fingerprint density at radius 3 is 2.83 bits per heavy atom. The van der Waals surface area contributed by atoms with Gasteiger partial charge in [0.05, 0.1) is 10.7 Å². The molecule has 0 aromatic carbocycles. The maximum absolute atomic E-state index is 5.88. The first-order valence-electron chi connectivity index (χ1n) is 8.34. The van der Waals surface area contributed by atoms with Gasteiger partial charge in [0, 0.05) is 25.0 Å². The molecule has 132 valence electrons. The first-order valence-corrected chi connectivity index (χ1v) is 9.22. The van der Waals surface area contributed by atoms with E-state index in [1.54, 1.807) is 11.3 Å². The minimum Gasteiger partial charge on any atom is -0.370 e. The molecule has 0 atom stereocenters. The van der Waals surface area contributed by atoms with E-state index >= 15 is 0 Å². The van der Waals surface area contributed by atoms with Crippen molar-refractivity contribution >= 4 is 41.3 Å². The molecule has 1 fully saturated rings. The fourth-order valence-corrected chi connectivity index (χ4v) is 3.32. The van der Waals surface area contributed by atoms with Crippen molar-refractivity contribution in [2.24, 2.45) is 16.6 Å². The fraction of sp³-hybridized carbons (Fsp3) is 0.750. The first-order chi connectivity index (χ1) is 10.7. The number of guanidine groups is 1.